The standard InChI is InChI=1S/C11H16BrNO/c1-9(2)10-4-7-13(8-5-10)11(14)3-6-12/h9-10H,4-5,7-8H2,1-2H3. The van der Waals surface area contributed by atoms with Crippen molar-refractivity contribution in [2.24, 2.45) is 11.8 Å². The minimum absolute atomic E-state index is 0.0518. The summed E-state index contributed by atoms with van der Waals surface area (Å²) in [6.07, 6.45) is 2.24. The van der Waals surface area contributed by atoms with Gasteiger partial charge in [0.05, 0.1) is 0 Å². The van der Waals surface area contributed by atoms with Crippen molar-refractivity contribution in [3.05, 3.63) is 0 Å². The second-order valence-electron chi connectivity index (χ2n) is 4.09. The summed E-state index contributed by atoms with van der Waals surface area (Å²) < 4.78 is 0. The Bertz CT molecular complexity index is 256. The molecule has 1 amide bonds. The number of likely N-dealkylation sites (tertiary alicyclic amines) is 1. The van der Waals surface area contributed by atoms with E-state index in [0.717, 1.165) is 37.8 Å². The topological polar surface area (TPSA) is 20.3 Å². The third kappa shape index (κ3) is 3.02. The Morgan fingerprint density at radius 3 is 2.43 bits per heavy atom. The first-order valence-electron chi connectivity index (χ1n) is 5.05. The van der Waals surface area contributed by atoms with Gasteiger partial charge in [0.2, 0.25) is 0 Å². The molecule has 14 heavy (non-hydrogen) atoms. The van der Waals surface area contributed by atoms with Crippen LogP contribution in [0, 0.1) is 22.6 Å². The van der Waals surface area contributed by atoms with Crippen LogP contribution in [0.2, 0.25) is 0 Å². The van der Waals surface area contributed by atoms with E-state index in [1.165, 1.54) is 0 Å². The fourth-order valence-electron chi connectivity index (χ4n) is 1.89. The average Bonchev–Trinajstić information content (AvgIpc) is 2.18. The number of carbonyl (C=O) groups excluding carboxylic acids is 1. The molecule has 0 saturated carbocycles. The van der Waals surface area contributed by atoms with Crippen molar-refractivity contribution in [1.82, 2.24) is 4.90 Å². The first-order valence-corrected chi connectivity index (χ1v) is 5.85. The summed E-state index contributed by atoms with van der Waals surface area (Å²) in [7, 11) is 0. The Kier molecular flexibility index (Phi) is 4.47. The van der Waals surface area contributed by atoms with E-state index in [1.807, 2.05) is 4.90 Å². The minimum atomic E-state index is -0.0518. The van der Waals surface area contributed by atoms with Crippen molar-refractivity contribution in [3.63, 3.8) is 0 Å². The Morgan fingerprint density at radius 2 is 2.00 bits per heavy atom. The second kappa shape index (κ2) is 5.41. The van der Waals surface area contributed by atoms with Gasteiger partial charge in [0.15, 0.2) is 0 Å². The van der Waals surface area contributed by atoms with Crippen LogP contribution in [-0.4, -0.2) is 23.9 Å². The number of amides is 1. The van der Waals surface area contributed by atoms with Gasteiger partial charge in [-0.25, -0.2) is 0 Å². The van der Waals surface area contributed by atoms with Crippen LogP contribution in [0.15, 0.2) is 0 Å². The number of piperidine rings is 1. The van der Waals surface area contributed by atoms with E-state index in [9.17, 15) is 4.79 Å². The fourth-order valence-corrected chi connectivity index (χ4v) is 2.06. The highest BCUT2D eigenvalue weighted by Crippen LogP contribution is 2.24. The van der Waals surface area contributed by atoms with Crippen LogP contribution < -0.4 is 0 Å². The normalized spacial score (nSPS) is 17.9. The Morgan fingerprint density at radius 1 is 1.43 bits per heavy atom. The predicted molar refractivity (Wildman–Crippen MR) is 60.8 cm³/mol. The molecule has 1 aliphatic heterocycles. The molecule has 0 aromatic rings. The first kappa shape index (κ1) is 11.6. The summed E-state index contributed by atoms with van der Waals surface area (Å²) in [5.74, 6) is 3.97. The molecule has 0 atom stereocenters. The van der Waals surface area contributed by atoms with Gasteiger partial charge in [0, 0.05) is 34.9 Å². The molecule has 0 spiro atoms. The quantitative estimate of drug-likeness (QED) is 0.660. The SMILES string of the molecule is CC(C)C1CCN(C(=O)C#CBr)CC1. The van der Waals surface area contributed by atoms with Gasteiger partial charge in [-0.1, -0.05) is 13.8 Å². The number of nitrogens with zero attached hydrogens (tertiary/aromatic N) is 1. The number of hydrogen-bond acceptors (Lipinski definition) is 1. The molecule has 1 rings (SSSR count). The van der Waals surface area contributed by atoms with E-state index < -0.39 is 0 Å². The summed E-state index contributed by atoms with van der Waals surface area (Å²) in [5.41, 5.74) is 0. The van der Waals surface area contributed by atoms with Gasteiger partial charge >= 0.3 is 0 Å². The van der Waals surface area contributed by atoms with Crippen molar-refractivity contribution in [3.8, 4) is 10.8 Å². The van der Waals surface area contributed by atoms with Gasteiger partial charge in [-0.3, -0.25) is 4.79 Å². The molecular formula is C11H16BrNO. The van der Waals surface area contributed by atoms with Crippen molar-refractivity contribution in [2.45, 2.75) is 26.7 Å². The van der Waals surface area contributed by atoms with Gasteiger partial charge < -0.3 is 4.90 Å². The third-order valence-electron chi connectivity index (χ3n) is 2.92. The van der Waals surface area contributed by atoms with E-state index in [2.05, 4.69) is 40.5 Å². The number of halogens is 1. The third-order valence-corrected chi connectivity index (χ3v) is 3.12. The minimum Gasteiger partial charge on any atom is -0.332 e. The molecule has 0 bridgehead atoms. The zero-order valence-corrected chi connectivity index (χ0v) is 10.3. The van der Waals surface area contributed by atoms with Crippen molar-refractivity contribution >= 4 is 21.8 Å². The molecular weight excluding hydrogens is 242 g/mol. The highest BCUT2D eigenvalue weighted by atomic mass is 79.9. The zero-order valence-electron chi connectivity index (χ0n) is 8.72. The van der Waals surface area contributed by atoms with E-state index in [1.54, 1.807) is 0 Å². The van der Waals surface area contributed by atoms with Gasteiger partial charge in [-0.2, -0.15) is 0 Å². The monoisotopic (exact) mass is 257 g/mol. The van der Waals surface area contributed by atoms with Crippen LogP contribution in [-0.2, 0) is 4.79 Å². The fraction of sp³-hybridized carbons (Fsp3) is 0.727. The van der Waals surface area contributed by atoms with E-state index in [-0.39, 0.29) is 5.91 Å². The summed E-state index contributed by atoms with van der Waals surface area (Å²) >= 11 is 2.94. The molecule has 1 aliphatic rings. The van der Waals surface area contributed by atoms with Gasteiger partial charge in [-0.15, -0.1) is 0 Å². The zero-order chi connectivity index (χ0) is 10.6. The van der Waals surface area contributed by atoms with E-state index in [4.69, 9.17) is 0 Å². The first-order chi connectivity index (χ1) is 6.65. The molecule has 0 aromatic heterocycles. The number of hydrogen-bond donors (Lipinski definition) is 0. The van der Waals surface area contributed by atoms with Crippen LogP contribution in [0.4, 0.5) is 0 Å². The summed E-state index contributed by atoms with van der Waals surface area (Å²) in [5, 5.41) is 0. The maximum absolute atomic E-state index is 11.4. The lowest BCUT2D eigenvalue weighted by Gasteiger charge is -2.32. The molecule has 3 heteroatoms. The molecule has 0 N–H and O–H groups in total. The van der Waals surface area contributed by atoms with Crippen molar-refractivity contribution in [1.29, 1.82) is 0 Å². The van der Waals surface area contributed by atoms with Gasteiger partial charge in [0.25, 0.3) is 5.91 Å². The van der Waals surface area contributed by atoms with E-state index >= 15 is 0 Å². The predicted octanol–water partition coefficient (Wildman–Crippen LogP) is 2.24. The van der Waals surface area contributed by atoms with Crippen LogP contribution in [0.3, 0.4) is 0 Å². The molecule has 0 unspecified atom stereocenters. The summed E-state index contributed by atoms with van der Waals surface area (Å²) in [6.45, 7) is 6.23. The highest BCUT2D eigenvalue weighted by molar-refractivity contribution is 9.12. The van der Waals surface area contributed by atoms with Crippen molar-refractivity contribution < 1.29 is 4.79 Å². The Balaban J connectivity index is 2.42. The van der Waals surface area contributed by atoms with Gasteiger partial charge in [-0.05, 0) is 29.5 Å². The average molecular weight is 258 g/mol. The molecule has 0 aromatic carbocycles. The van der Waals surface area contributed by atoms with Gasteiger partial charge in [0.1, 0.15) is 0 Å². The molecule has 2 nitrogen and oxygen atoms in total. The molecule has 1 heterocycles. The maximum Gasteiger partial charge on any atom is 0.299 e. The largest absolute Gasteiger partial charge is 0.332 e. The van der Waals surface area contributed by atoms with Crippen LogP contribution in [0.25, 0.3) is 0 Å². The Labute approximate surface area is 94.2 Å². The number of rotatable bonds is 1. The highest BCUT2D eigenvalue weighted by Gasteiger charge is 2.23. The second-order valence-corrected chi connectivity index (χ2v) is 4.49. The molecule has 1 saturated heterocycles. The van der Waals surface area contributed by atoms with E-state index in [0.29, 0.717) is 0 Å². The molecule has 78 valence electrons. The Hall–Kier alpha value is -0.490. The summed E-state index contributed by atoms with van der Waals surface area (Å²) in [6, 6.07) is 0. The van der Waals surface area contributed by atoms with Crippen LogP contribution >= 0.6 is 15.9 Å². The lowest BCUT2D eigenvalue weighted by atomic mass is 9.87. The van der Waals surface area contributed by atoms with Crippen LogP contribution in [0.5, 0.6) is 0 Å². The smallest absolute Gasteiger partial charge is 0.299 e. The molecule has 0 aliphatic carbocycles. The van der Waals surface area contributed by atoms with Crippen LogP contribution in [0.1, 0.15) is 26.7 Å². The number of carbonyl (C=O) groups is 1. The lowest BCUT2D eigenvalue weighted by molar-refractivity contribution is -0.126. The molecule has 1 fully saturated rings. The van der Waals surface area contributed by atoms with Crippen molar-refractivity contribution in [2.75, 3.05) is 13.1 Å². The molecule has 0 radical (unpaired) electrons. The maximum atomic E-state index is 11.4. The summed E-state index contributed by atoms with van der Waals surface area (Å²) in [4.78, 5) is 15.7. The lowest BCUT2D eigenvalue weighted by Crippen LogP contribution is -2.38.